The Labute approximate surface area is 349 Å². The van der Waals surface area contributed by atoms with Crippen LogP contribution in [0.25, 0.3) is 0 Å². The lowest BCUT2D eigenvalue weighted by Gasteiger charge is -2.31. The van der Waals surface area contributed by atoms with Gasteiger partial charge in [-0.15, -0.1) is 0 Å². The highest BCUT2D eigenvalue weighted by Gasteiger charge is 2.31. The van der Waals surface area contributed by atoms with E-state index in [9.17, 15) is 19.5 Å². The molecule has 8 heteroatoms. The van der Waals surface area contributed by atoms with Gasteiger partial charge in [-0.05, 0) is 77.0 Å². The van der Waals surface area contributed by atoms with E-state index < -0.39 is 18.1 Å². The number of carbonyl (C=O) groups is 3. The Morgan fingerprint density at radius 1 is 0.544 bits per heavy atom. The predicted molar refractivity (Wildman–Crippen MR) is 238 cm³/mol. The number of likely N-dealkylation sites (N-methyl/N-ethyl adjacent to an activating group) is 1. The summed E-state index contributed by atoms with van der Waals surface area (Å²) in [6, 6.07) is -0.620. The number of esters is 2. The maximum Gasteiger partial charge on any atom is 0.362 e. The van der Waals surface area contributed by atoms with E-state index in [0.717, 1.165) is 83.5 Å². The minimum absolute atomic E-state index is 0.0516. The summed E-state index contributed by atoms with van der Waals surface area (Å²) in [5.41, 5.74) is 0. The number of carboxylic acids is 1. The van der Waals surface area contributed by atoms with Crippen LogP contribution in [0.15, 0.2) is 60.8 Å². The number of nitrogens with zero attached hydrogens (tertiary/aromatic N) is 1. The van der Waals surface area contributed by atoms with Crippen LogP contribution in [0.5, 0.6) is 0 Å². The molecule has 8 nitrogen and oxygen atoms in total. The van der Waals surface area contributed by atoms with Crippen LogP contribution in [0, 0.1) is 0 Å². The average molecular weight is 801 g/mol. The first-order valence-electron chi connectivity index (χ1n) is 22.8. The Hall–Kier alpha value is -2.97. The Morgan fingerprint density at radius 3 is 1.46 bits per heavy atom. The highest BCUT2D eigenvalue weighted by Crippen LogP contribution is 2.14. The number of aliphatic carboxylic acids is 1. The predicted octanol–water partition coefficient (Wildman–Crippen LogP) is 12.6. The van der Waals surface area contributed by atoms with Crippen molar-refractivity contribution in [1.29, 1.82) is 0 Å². The lowest BCUT2D eigenvalue weighted by molar-refractivity contribution is -0.887. The molecule has 2 unspecified atom stereocenters. The number of carboxylic acid groups (broad SMARTS) is 1. The topological polar surface area (TPSA) is 99.1 Å². The Morgan fingerprint density at radius 2 is 0.982 bits per heavy atom. The van der Waals surface area contributed by atoms with E-state index in [0.29, 0.717) is 19.3 Å². The fraction of sp³-hybridized carbons (Fsp3) is 0.735. The largest absolute Gasteiger partial charge is 0.477 e. The van der Waals surface area contributed by atoms with Crippen molar-refractivity contribution < 1.29 is 38.2 Å². The monoisotopic (exact) mass is 801 g/mol. The van der Waals surface area contributed by atoms with Gasteiger partial charge in [0, 0.05) is 19.3 Å². The molecule has 0 aromatic rings. The van der Waals surface area contributed by atoms with Crippen molar-refractivity contribution in [2.45, 2.75) is 193 Å². The van der Waals surface area contributed by atoms with Crippen molar-refractivity contribution in [1.82, 2.24) is 0 Å². The van der Waals surface area contributed by atoms with Gasteiger partial charge in [-0.1, -0.05) is 145 Å². The van der Waals surface area contributed by atoms with E-state index in [1.807, 2.05) is 21.1 Å². The summed E-state index contributed by atoms with van der Waals surface area (Å²) in [6.07, 6.45) is 48.3. The van der Waals surface area contributed by atoms with Crippen LogP contribution in [0.2, 0.25) is 0 Å². The van der Waals surface area contributed by atoms with Crippen molar-refractivity contribution in [3.05, 3.63) is 60.8 Å². The number of rotatable bonds is 40. The number of carbonyl (C=O) groups excluding carboxylic acids is 2. The summed E-state index contributed by atoms with van der Waals surface area (Å²) in [4.78, 5) is 37.0. The summed E-state index contributed by atoms with van der Waals surface area (Å²) in [5, 5.41) is 9.63. The molecule has 0 heterocycles. The normalized spacial score (nSPS) is 13.5. The number of unbranched alkanes of at least 4 members (excludes halogenated alkanes) is 16. The third-order valence-corrected chi connectivity index (χ3v) is 9.90. The Balaban J connectivity index is 4.36. The number of hydrogen-bond donors (Lipinski definition) is 1. The molecule has 0 rings (SSSR count). The standard InChI is InChI=1S/C49H85NO7/c1-6-8-10-12-14-16-18-20-22-24-26-28-30-32-34-36-38-40-48(52)57-45(43-55-42-41-46(49(53)54)50(3,4)5)44-56-47(51)39-37-35-33-31-29-27-25-23-21-19-17-15-13-11-9-7-2/h9,11,14-17,20-23,45-46H,6-8,10,12-13,18-19,24-44H2,1-5H3/p+1/b11-9+,16-14+,17-15+,22-20+,23-21+. The van der Waals surface area contributed by atoms with Gasteiger partial charge in [-0.3, -0.25) is 9.59 Å². The number of allylic oxidation sites excluding steroid dienone is 10. The van der Waals surface area contributed by atoms with Crippen LogP contribution in [-0.4, -0.2) is 80.6 Å². The molecule has 0 bridgehead atoms. The molecule has 1 N–H and O–H groups in total. The van der Waals surface area contributed by atoms with Crippen LogP contribution in [0.1, 0.15) is 181 Å². The lowest BCUT2D eigenvalue weighted by Crippen LogP contribution is -2.50. The molecule has 2 atom stereocenters. The fourth-order valence-corrected chi connectivity index (χ4v) is 6.37. The molecule has 0 aromatic heterocycles. The maximum absolute atomic E-state index is 12.7. The molecule has 0 radical (unpaired) electrons. The van der Waals surface area contributed by atoms with E-state index >= 15 is 0 Å². The van der Waals surface area contributed by atoms with Gasteiger partial charge >= 0.3 is 17.9 Å². The first-order valence-corrected chi connectivity index (χ1v) is 22.8. The first-order chi connectivity index (χ1) is 27.6. The van der Waals surface area contributed by atoms with Crippen LogP contribution < -0.4 is 0 Å². The van der Waals surface area contributed by atoms with Crippen molar-refractivity contribution in [3.63, 3.8) is 0 Å². The highest BCUT2D eigenvalue weighted by molar-refractivity contribution is 5.72. The molecular formula is C49H86NO7+. The maximum atomic E-state index is 12.7. The second kappa shape index (κ2) is 39.8. The molecule has 0 saturated carbocycles. The molecule has 0 saturated heterocycles. The second-order valence-corrected chi connectivity index (χ2v) is 16.3. The molecule has 328 valence electrons. The van der Waals surface area contributed by atoms with Gasteiger partial charge in [0.05, 0.1) is 34.4 Å². The Bertz CT molecular complexity index is 1120. The summed E-state index contributed by atoms with van der Waals surface area (Å²) in [5.74, 6) is -1.50. The average Bonchev–Trinajstić information content (AvgIpc) is 3.17. The van der Waals surface area contributed by atoms with Gasteiger partial charge in [0.1, 0.15) is 6.61 Å². The third-order valence-electron chi connectivity index (χ3n) is 9.90. The fourth-order valence-electron chi connectivity index (χ4n) is 6.37. The number of ether oxygens (including phenoxy) is 3. The molecule has 0 aliphatic carbocycles. The smallest absolute Gasteiger partial charge is 0.362 e. The lowest BCUT2D eigenvalue weighted by atomic mass is 10.1. The van der Waals surface area contributed by atoms with E-state index in [4.69, 9.17) is 14.2 Å². The van der Waals surface area contributed by atoms with Crippen molar-refractivity contribution in [2.24, 2.45) is 0 Å². The summed E-state index contributed by atoms with van der Waals surface area (Å²) in [7, 11) is 5.52. The minimum atomic E-state index is -0.880. The zero-order valence-corrected chi connectivity index (χ0v) is 37.3. The molecule has 0 amide bonds. The van der Waals surface area contributed by atoms with Crippen molar-refractivity contribution in [2.75, 3.05) is 41.0 Å². The van der Waals surface area contributed by atoms with Crippen molar-refractivity contribution in [3.8, 4) is 0 Å². The summed E-state index contributed by atoms with van der Waals surface area (Å²) in [6.45, 7) is 4.57. The SMILES string of the molecule is CC/C=C/C/C=C/C/C=C/CCCCCCCCC(=O)OCC(COCCC(C(=O)O)[N+](C)(C)C)OC(=O)CCCCCCCCC/C=C/C/C=C/CCCCC. The van der Waals surface area contributed by atoms with Gasteiger partial charge in [-0.25, -0.2) is 4.79 Å². The van der Waals surface area contributed by atoms with E-state index in [1.54, 1.807) is 0 Å². The van der Waals surface area contributed by atoms with Crippen LogP contribution in [-0.2, 0) is 28.6 Å². The summed E-state index contributed by atoms with van der Waals surface area (Å²) >= 11 is 0. The zero-order valence-electron chi connectivity index (χ0n) is 37.3. The highest BCUT2D eigenvalue weighted by atomic mass is 16.6. The minimum Gasteiger partial charge on any atom is -0.477 e. The zero-order chi connectivity index (χ0) is 42.1. The molecule has 0 aliphatic heterocycles. The molecule has 0 aliphatic rings. The third kappa shape index (κ3) is 38.3. The van der Waals surface area contributed by atoms with Crippen LogP contribution >= 0.6 is 0 Å². The molecule has 0 spiro atoms. The molecular weight excluding hydrogens is 715 g/mol. The van der Waals surface area contributed by atoms with Gasteiger partial charge in [-0.2, -0.15) is 0 Å². The van der Waals surface area contributed by atoms with E-state index in [-0.39, 0.29) is 36.2 Å². The summed E-state index contributed by atoms with van der Waals surface area (Å²) < 4.78 is 17.3. The van der Waals surface area contributed by atoms with Crippen LogP contribution in [0.4, 0.5) is 0 Å². The quantitative estimate of drug-likeness (QED) is 0.0285. The van der Waals surface area contributed by atoms with E-state index in [1.165, 1.54) is 64.2 Å². The number of quaternary nitrogens is 1. The Kier molecular flexibility index (Phi) is 37.8. The van der Waals surface area contributed by atoms with Gasteiger partial charge in [0.2, 0.25) is 0 Å². The molecule has 0 aromatic carbocycles. The van der Waals surface area contributed by atoms with Gasteiger partial charge in [0.25, 0.3) is 0 Å². The van der Waals surface area contributed by atoms with Gasteiger partial charge < -0.3 is 23.8 Å². The van der Waals surface area contributed by atoms with Gasteiger partial charge in [0.15, 0.2) is 12.1 Å². The first kappa shape index (κ1) is 54.0. The second-order valence-electron chi connectivity index (χ2n) is 16.3. The number of hydrogen-bond acceptors (Lipinski definition) is 6. The molecule has 57 heavy (non-hydrogen) atoms. The van der Waals surface area contributed by atoms with Crippen LogP contribution in [0.3, 0.4) is 0 Å². The van der Waals surface area contributed by atoms with E-state index in [2.05, 4.69) is 74.6 Å². The van der Waals surface area contributed by atoms with Crippen molar-refractivity contribution >= 4 is 17.9 Å². The molecule has 0 fully saturated rings.